The standard InChI is InChI=1S/C17H14FN3OS/c1-11-2-4-12(5-3-11)10-19-17(22)16-15(20-21-23-16)13-6-8-14(18)9-7-13/h2-9H,10H2,1H3,(H,19,22). The summed E-state index contributed by atoms with van der Waals surface area (Å²) >= 11 is 1.03. The molecule has 116 valence electrons. The molecular weight excluding hydrogens is 313 g/mol. The van der Waals surface area contributed by atoms with Crippen LogP contribution in [0.15, 0.2) is 48.5 Å². The van der Waals surface area contributed by atoms with Crippen LogP contribution in [0.25, 0.3) is 11.3 Å². The number of amides is 1. The fourth-order valence-corrected chi connectivity index (χ4v) is 2.71. The van der Waals surface area contributed by atoms with Gasteiger partial charge in [-0.2, -0.15) is 0 Å². The number of nitrogens with one attached hydrogen (secondary N) is 1. The molecule has 0 aliphatic rings. The van der Waals surface area contributed by atoms with Crippen molar-refractivity contribution in [2.45, 2.75) is 13.5 Å². The first-order chi connectivity index (χ1) is 11.1. The molecule has 0 fully saturated rings. The van der Waals surface area contributed by atoms with Gasteiger partial charge < -0.3 is 5.32 Å². The number of aromatic nitrogens is 2. The monoisotopic (exact) mass is 327 g/mol. The molecule has 1 heterocycles. The molecule has 0 saturated heterocycles. The van der Waals surface area contributed by atoms with Crippen molar-refractivity contribution in [3.63, 3.8) is 0 Å². The number of aryl methyl sites for hydroxylation is 1. The largest absolute Gasteiger partial charge is 0.347 e. The third kappa shape index (κ3) is 3.60. The van der Waals surface area contributed by atoms with E-state index in [1.54, 1.807) is 12.1 Å². The molecule has 6 heteroatoms. The molecule has 1 aromatic heterocycles. The minimum Gasteiger partial charge on any atom is -0.347 e. The third-order valence-corrected chi connectivity index (χ3v) is 4.11. The first kappa shape index (κ1) is 15.3. The van der Waals surface area contributed by atoms with Gasteiger partial charge in [-0.25, -0.2) is 4.39 Å². The first-order valence-corrected chi connectivity index (χ1v) is 7.83. The fraction of sp³-hybridized carbons (Fsp3) is 0.118. The summed E-state index contributed by atoms with van der Waals surface area (Å²) in [6.45, 7) is 2.44. The summed E-state index contributed by atoms with van der Waals surface area (Å²) in [6, 6.07) is 13.8. The van der Waals surface area contributed by atoms with Crippen LogP contribution in [0, 0.1) is 12.7 Å². The van der Waals surface area contributed by atoms with Gasteiger partial charge in [0.05, 0.1) is 0 Å². The van der Waals surface area contributed by atoms with Crippen LogP contribution in [0.4, 0.5) is 4.39 Å². The lowest BCUT2D eigenvalue weighted by Crippen LogP contribution is -2.22. The highest BCUT2D eigenvalue weighted by Gasteiger charge is 2.17. The van der Waals surface area contributed by atoms with Crippen molar-refractivity contribution >= 4 is 17.4 Å². The Kier molecular flexibility index (Phi) is 4.43. The zero-order valence-electron chi connectivity index (χ0n) is 12.4. The summed E-state index contributed by atoms with van der Waals surface area (Å²) in [4.78, 5) is 12.8. The van der Waals surface area contributed by atoms with Crippen LogP contribution in [0.5, 0.6) is 0 Å². The first-order valence-electron chi connectivity index (χ1n) is 7.05. The Morgan fingerprint density at radius 1 is 1.13 bits per heavy atom. The predicted molar refractivity (Wildman–Crippen MR) is 87.7 cm³/mol. The molecule has 0 aliphatic heterocycles. The van der Waals surface area contributed by atoms with Crippen LogP contribution in [-0.4, -0.2) is 15.5 Å². The molecule has 0 bridgehead atoms. The maximum atomic E-state index is 13.0. The summed E-state index contributed by atoms with van der Waals surface area (Å²) < 4.78 is 16.9. The van der Waals surface area contributed by atoms with Crippen LogP contribution in [0.3, 0.4) is 0 Å². The van der Waals surface area contributed by atoms with E-state index in [1.165, 1.54) is 17.7 Å². The van der Waals surface area contributed by atoms with Crippen molar-refractivity contribution in [2.24, 2.45) is 0 Å². The van der Waals surface area contributed by atoms with Gasteiger partial charge in [0.1, 0.15) is 16.4 Å². The van der Waals surface area contributed by atoms with Gasteiger partial charge in [0.15, 0.2) is 0 Å². The summed E-state index contributed by atoms with van der Waals surface area (Å²) in [5.41, 5.74) is 3.33. The number of nitrogens with zero attached hydrogens (tertiary/aromatic N) is 2. The molecule has 3 rings (SSSR count). The van der Waals surface area contributed by atoms with Crippen molar-refractivity contribution < 1.29 is 9.18 Å². The van der Waals surface area contributed by atoms with Crippen LogP contribution in [-0.2, 0) is 6.54 Å². The van der Waals surface area contributed by atoms with Gasteiger partial charge in [-0.1, -0.05) is 34.3 Å². The van der Waals surface area contributed by atoms with Crippen molar-refractivity contribution in [2.75, 3.05) is 0 Å². The summed E-state index contributed by atoms with van der Waals surface area (Å²) in [5, 5.41) is 6.85. The molecule has 0 unspecified atom stereocenters. The van der Waals surface area contributed by atoms with Gasteiger partial charge in [0, 0.05) is 12.1 Å². The minimum atomic E-state index is -0.331. The Bertz CT molecular complexity index is 813. The van der Waals surface area contributed by atoms with E-state index in [4.69, 9.17) is 0 Å². The molecule has 0 spiro atoms. The number of hydrogen-bond donors (Lipinski definition) is 1. The maximum Gasteiger partial charge on any atom is 0.265 e. The lowest BCUT2D eigenvalue weighted by Gasteiger charge is -2.05. The van der Waals surface area contributed by atoms with Crippen molar-refractivity contribution in [1.82, 2.24) is 14.9 Å². The van der Waals surface area contributed by atoms with Gasteiger partial charge in [0.25, 0.3) is 5.91 Å². The highest BCUT2D eigenvalue weighted by atomic mass is 32.1. The van der Waals surface area contributed by atoms with E-state index in [2.05, 4.69) is 14.9 Å². The number of hydrogen-bond acceptors (Lipinski definition) is 4. The number of benzene rings is 2. The Morgan fingerprint density at radius 3 is 2.52 bits per heavy atom. The van der Waals surface area contributed by atoms with E-state index in [1.807, 2.05) is 31.2 Å². The SMILES string of the molecule is Cc1ccc(CNC(=O)c2snnc2-c2ccc(F)cc2)cc1. The molecule has 0 aliphatic carbocycles. The molecule has 3 aromatic rings. The number of rotatable bonds is 4. The van der Waals surface area contributed by atoms with Crippen molar-refractivity contribution in [3.8, 4) is 11.3 Å². The quantitative estimate of drug-likeness (QED) is 0.797. The number of halogens is 1. The van der Waals surface area contributed by atoms with E-state index in [-0.39, 0.29) is 11.7 Å². The van der Waals surface area contributed by atoms with Crippen molar-refractivity contribution in [3.05, 3.63) is 70.4 Å². The normalized spacial score (nSPS) is 10.5. The van der Waals surface area contributed by atoms with E-state index in [0.717, 1.165) is 17.1 Å². The zero-order chi connectivity index (χ0) is 16.2. The molecule has 1 N–H and O–H groups in total. The van der Waals surface area contributed by atoms with Gasteiger partial charge in [-0.05, 0) is 48.3 Å². The van der Waals surface area contributed by atoms with Crippen molar-refractivity contribution in [1.29, 1.82) is 0 Å². The van der Waals surface area contributed by atoms with E-state index >= 15 is 0 Å². The van der Waals surface area contributed by atoms with Gasteiger partial charge in [-0.15, -0.1) is 5.10 Å². The smallest absolute Gasteiger partial charge is 0.265 e. The summed E-state index contributed by atoms with van der Waals surface area (Å²) in [6.07, 6.45) is 0. The number of carbonyl (C=O) groups is 1. The molecular formula is C17H14FN3OS. The van der Waals surface area contributed by atoms with E-state index in [0.29, 0.717) is 22.7 Å². The van der Waals surface area contributed by atoms with Crippen LogP contribution >= 0.6 is 11.5 Å². The Morgan fingerprint density at radius 2 is 1.83 bits per heavy atom. The van der Waals surface area contributed by atoms with Gasteiger partial charge >= 0.3 is 0 Å². The second kappa shape index (κ2) is 6.66. The van der Waals surface area contributed by atoms with E-state index < -0.39 is 0 Å². The Hall–Kier alpha value is -2.60. The topological polar surface area (TPSA) is 54.9 Å². The zero-order valence-corrected chi connectivity index (χ0v) is 13.2. The van der Waals surface area contributed by atoms with Crippen LogP contribution < -0.4 is 5.32 Å². The predicted octanol–water partition coefficient (Wildman–Crippen LogP) is 3.58. The average molecular weight is 327 g/mol. The Labute approximate surface area is 137 Å². The average Bonchev–Trinajstić information content (AvgIpc) is 3.04. The second-order valence-electron chi connectivity index (χ2n) is 5.13. The molecule has 2 aromatic carbocycles. The van der Waals surface area contributed by atoms with Gasteiger partial charge in [-0.3, -0.25) is 4.79 Å². The van der Waals surface area contributed by atoms with Crippen LogP contribution in [0.1, 0.15) is 20.8 Å². The molecule has 23 heavy (non-hydrogen) atoms. The second-order valence-corrected chi connectivity index (χ2v) is 5.88. The summed E-state index contributed by atoms with van der Waals surface area (Å²) in [5.74, 6) is -0.567. The molecule has 1 amide bonds. The molecule has 4 nitrogen and oxygen atoms in total. The highest BCUT2D eigenvalue weighted by molar-refractivity contribution is 7.08. The molecule has 0 radical (unpaired) electrons. The molecule has 0 saturated carbocycles. The lowest BCUT2D eigenvalue weighted by atomic mass is 10.1. The third-order valence-electron chi connectivity index (χ3n) is 3.39. The number of carbonyl (C=O) groups excluding carboxylic acids is 1. The molecule has 0 atom stereocenters. The summed E-state index contributed by atoms with van der Waals surface area (Å²) in [7, 11) is 0. The highest BCUT2D eigenvalue weighted by Crippen LogP contribution is 2.24. The fourth-order valence-electron chi connectivity index (χ4n) is 2.10. The lowest BCUT2D eigenvalue weighted by molar-refractivity contribution is 0.0955. The van der Waals surface area contributed by atoms with Crippen LogP contribution in [0.2, 0.25) is 0 Å². The van der Waals surface area contributed by atoms with E-state index in [9.17, 15) is 9.18 Å². The Balaban J connectivity index is 1.74. The van der Waals surface area contributed by atoms with Gasteiger partial charge in [0.2, 0.25) is 0 Å². The maximum absolute atomic E-state index is 13.0. The minimum absolute atomic E-state index is 0.236.